The minimum Gasteiger partial charge on any atom is -0.441 e. The first kappa shape index (κ1) is 19.5. The van der Waals surface area contributed by atoms with Crippen molar-refractivity contribution in [3.8, 4) is 11.3 Å². The zero-order valence-corrected chi connectivity index (χ0v) is 16.5. The Balaban J connectivity index is 1.53. The van der Waals surface area contributed by atoms with Crippen LogP contribution in [-0.4, -0.2) is 35.1 Å². The van der Waals surface area contributed by atoms with Gasteiger partial charge < -0.3 is 15.1 Å². The molecule has 2 heterocycles. The Morgan fingerprint density at radius 1 is 1.17 bits per heavy atom. The Bertz CT molecular complexity index is 1000. The van der Waals surface area contributed by atoms with Gasteiger partial charge in [-0.2, -0.15) is 0 Å². The summed E-state index contributed by atoms with van der Waals surface area (Å²) in [5.41, 5.74) is 0.921. The van der Waals surface area contributed by atoms with E-state index >= 15 is 0 Å². The number of amides is 1. The molecule has 0 saturated heterocycles. The summed E-state index contributed by atoms with van der Waals surface area (Å²) in [7, 11) is 0. The number of pyridine rings is 1. The van der Waals surface area contributed by atoms with Gasteiger partial charge in [0.1, 0.15) is 12.5 Å². The van der Waals surface area contributed by atoms with Crippen molar-refractivity contribution in [3.05, 3.63) is 42.5 Å². The van der Waals surface area contributed by atoms with E-state index < -0.39 is 6.67 Å². The first-order chi connectivity index (χ1) is 14.1. The number of nitrogens with zero attached hydrogens (tertiary/aromatic N) is 2. The molecule has 29 heavy (non-hydrogen) atoms. The number of carbonyl (C=O) groups excluding carboxylic acids is 1. The fourth-order valence-electron chi connectivity index (χ4n) is 4.01. The third-order valence-electron chi connectivity index (χ3n) is 5.48. The molecule has 7 heteroatoms. The number of hydrogen-bond donors (Lipinski definition) is 2. The summed E-state index contributed by atoms with van der Waals surface area (Å²) in [5.74, 6) is 1.61. The molecule has 1 aliphatic rings. The molecule has 3 aromatic rings. The molecule has 152 valence electrons. The predicted molar refractivity (Wildman–Crippen MR) is 110 cm³/mol. The standard InChI is InChI=1S/C22H25FN4O2/c1-14-25-13-20(29-14)15-6-7-16-12-26-21(11-17(16)10-15)27-22(28)18-4-2-3-5-19(18)24-9-8-23/h6-7,10-13,18-19,24H,2-5,8-9H2,1H3,(H,26,27,28). The van der Waals surface area contributed by atoms with Gasteiger partial charge in [-0.05, 0) is 30.4 Å². The lowest BCUT2D eigenvalue weighted by Crippen LogP contribution is -2.45. The summed E-state index contributed by atoms with van der Waals surface area (Å²) >= 11 is 0. The van der Waals surface area contributed by atoms with Crippen LogP contribution in [0.4, 0.5) is 10.2 Å². The maximum Gasteiger partial charge on any atom is 0.230 e. The first-order valence-electron chi connectivity index (χ1n) is 10.1. The minimum absolute atomic E-state index is 0.0150. The smallest absolute Gasteiger partial charge is 0.230 e. The third-order valence-corrected chi connectivity index (χ3v) is 5.48. The lowest BCUT2D eigenvalue weighted by molar-refractivity contribution is -0.121. The normalized spacial score (nSPS) is 19.4. The highest BCUT2D eigenvalue weighted by Crippen LogP contribution is 2.28. The monoisotopic (exact) mass is 396 g/mol. The summed E-state index contributed by atoms with van der Waals surface area (Å²) in [6, 6.07) is 7.82. The lowest BCUT2D eigenvalue weighted by atomic mass is 9.84. The molecule has 2 unspecified atom stereocenters. The van der Waals surface area contributed by atoms with Crippen LogP contribution in [0, 0.1) is 12.8 Å². The number of aromatic nitrogens is 2. The first-order valence-corrected chi connectivity index (χ1v) is 10.1. The molecule has 0 radical (unpaired) electrons. The van der Waals surface area contributed by atoms with Crippen LogP contribution in [0.15, 0.2) is 41.1 Å². The van der Waals surface area contributed by atoms with Crippen LogP contribution in [0.1, 0.15) is 31.6 Å². The topological polar surface area (TPSA) is 80.0 Å². The average molecular weight is 396 g/mol. The van der Waals surface area contributed by atoms with Crippen molar-refractivity contribution in [1.82, 2.24) is 15.3 Å². The summed E-state index contributed by atoms with van der Waals surface area (Å²) in [5, 5.41) is 8.06. The largest absolute Gasteiger partial charge is 0.441 e. The van der Waals surface area contributed by atoms with Gasteiger partial charge in [0.25, 0.3) is 0 Å². The molecule has 4 rings (SSSR count). The van der Waals surface area contributed by atoms with Crippen LogP contribution in [-0.2, 0) is 4.79 Å². The van der Waals surface area contributed by atoms with Crippen LogP contribution in [0.25, 0.3) is 22.1 Å². The average Bonchev–Trinajstić information content (AvgIpc) is 3.18. The fraction of sp³-hybridized carbons (Fsp3) is 0.409. The van der Waals surface area contributed by atoms with Crippen molar-refractivity contribution in [2.75, 3.05) is 18.5 Å². The van der Waals surface area contributed by atoms with Crippen molar-refractivity contribution in [2.24, 2.45) is 5.92 Å². The van der Waals surface area contributed by atoms with Crippen LogP contribution >= 0.6 is 0 Å². The molecule has 0 aliphatic heterocycles. The Morgan fingerprint density at radius 2 is 2.03 bits per heavy atom. The van der Waals surface area contributed by atoms with Crippen molar-refractivity contribution < 1.29 is 13.6 Å². The molecule has 0 spiro atoms. The maximum absolute atomic E-state index is 12.9. The molecule has 2 aromatic heterocycles. The van der Waals surface area contributed by atoms with Crippen molar-refractivity contribution in [1.29, 1.82) is 0 Å². The number of aryl methyl sites for hydroxylation is 1. The van der Waals surface area contributed by atoms with Gasteiger partial charge in [0.05, 0.1) is 12.1 Å². The number of anilines is 1. The molecule has 1 aliphatic carbocycles. The van der Waals surface area contributed by atoms with Crippen molar-refractivity contribution >= 4 is 22.5 Å². The molecule has 1 saturated carbocycles. The number of halogens is 1. The number of oxazole rings is 1. The number of alkyl halides is 1. The highest BCUT2D eigenvalue weighted by Gasteiger charge is 2.30. The van der Waals surface area contributed by atoms with Crippen molar-refractivity contribution in [2.45, 2.75) is 38.6 Å². The van der Waals surface area contributed by atoms with E-state index in [2.05, 4.69) is 20.6 Å². The SMILES string of the molecule is Cc1ncc(-c2ccc3cnc(NC(=O)C4CCCCC4NCCF)cc3c2)o1. The number of hydrogen-bond acceptors (Lipinski definition) is 5. The maximum atomic E-state index is 12.9. The number of benzene rings is 1. The second-order valence-corrected chi connectivity index (χ2v) is 7.50. The highest BCUT2D eigenvalue weighted by atomic mass is 19.1. The Hall–Kier alpha value is -2.80. The van der Waals surface area contributed by atoms with Crippen LogP contribution in [0.5, 0.6) is 0 Å². The molecular weight excluding hydrogens is 371 g/mol. The molecular formula is C22H25FN4O2. The Kier molecular flexibility index (Phi) is 5.85. The van der Waals surface area contributed by atoms with Gasteiger partial charge in [-0.1, -0.05) is 25.0 Å². The van der Waals surface area contributed by atoms with E-state index in [1.807, 2.05) is 31.2 Å². The second kappa shape index (κ2) is 8.69. The Morgan fingerprint density at radius 3 is 2.83 bits per heavy atom. The second-order valence-electron chi connectivity index (χ2n) is 7.50. The Labute approximate surface area is 168 Å². The summed E-state index contributed by atoms with van der Waals surface area (Å²) in [4.78, 5) is 21.4. The van der Waals surface area contributed by atoms with E-state index in [1.54, 1.807) is 12.4 Å². The number of fused-ring (bicyclic) bond motifs is 1. The van der Waals surface area contributed by atoms with Gasteiger partial charge in [0, 0.05) is 36.7 Å². The molecule has 1 aromatic carbocycles. The zero-order valence-electron chi connectivity index (χ0n) is 16.5. The van der Waals surface area contributed by atoms with Gasteiger partial charge in [-0.15, -0.1) is 0 Å². The van der Waals surface area contributed by atoms with E-state index in [0.29, 0.717) is 17.5 Å². The molecule has 0 bridgehead atoms. The molecule has 2 atom stereocenters. The van der Waals surface area contributed by atoms with Crippen LogP contribution in [0.2, 0.25) is 0 Å². The molecule has 1 amide bonds. The van der Waals surface area contributed by atoms with Crippen LogP contribution in [0.3, 0.4) is 0 Å². The van der Waals surface area contributed by atoms with E-state index in [4.69, 9.17) is 4.42 Å². The highest BCUT2D eigenvalue weighted by molar-refractivity contribution is 5.95. The van der Waals surface area contributed by atoms with Gasteiger partial charge in [0.2, 0.25) is 5.91 Å². The third kappa shape index (κ3) is 4.45. The molecule has 2 N–H and O–H groups in total. The predicted octanol–water partition coefficient (Wildman–Crippen LogP) is 4.25. The summed E-state index contributed by atoms with van der Waals surface area (Å²) in [6.45, 7) is 1.67. The van der Waals surface area contributed by atoms with Gasteiger partial charge >= 0.3 is 0 Å². The number of nitrogens with one attached hydrogen (secondary N) is 2. The van der Waals surface area contributed by atoms with E-state index in [1.165, 1.54) is 0 Å². The van der Waals surface area contributed by atoms with Gasteiger partial charge in [0.15, 0.2) is 11.7 Å². The minimum atomic E-state index is -0.426. The van der Waals surface area contributed by atoms with E-state index in [0.717, 1.165) is 42.0 Å². The summed E-state index contributed by atoms with van der Waals surface area (Å²) < 4.78 is 18.2. The molecule has 1 fully saturated rings. The van der Waals surface area contributed by atoms with Gasteiger partial charge in [-0.25, -0.2) is 14.4 Å². The number of rotatable bonds is 6. The van der Waals surface area contributed by atoms with Crippen molar-refractivity contribution in [3.63, 3.8) is 0 Å². The zero-order chi connectivity index (χ0) is 20.2. The van der Waals surface area contributed by atoms with E-state index in [9.17, 15) is 9.18 Å². The lowest BCUT2D eigenvalue weighted by Gasteiger charge is -2.31. The van der Waals surface area contributed by atoms with E-state index in [-0.39, 0.29) is 24.4 Å². The van der Waals surface area contributed by atoms with Crippen LogP contribution < -0.4 is 10.6 Å². The fourth-order valence-corrected chi connectivity index (χ4v) is 4.01. The number of carbonyl (C=O) groups is 1. The van der Waals surface area contributed by atoms with Gasteiger partial charge in [-0.3, -0.25) is 4.79 Å². The quantitative estimate of drug-likeness (QED) is 0.651. The molecule has 6 nitrogen and oxygen atoms in total. The summed E-state index contributed by atoms with van der Waals surface area (Å²) in [6.07, 6.45) is 7.22.